The molecule has 0 fully saturated rings. The fraction of sp³-hybridized carbons (Fsp3) is 0.182. The third-order valence-electron chi connectivity index (χ3n) is 2.05. The summed E-state index contributed by atoms with van der Waals surface area (Å²) in [5.41, 5.74) is 6.92. The SMILES string of the molecule is C[C@H](N)c1cccnc1Sc1ccncn1. The second-order valence-electron chi connectivity index (χ2n) is 3.34. The van der Waals surface area contributed by atoms with Crippen molar-refractivity contribution in [2.45, 2.75) is 23.0 Å². The van der Waals surface area contributed by atoms with Gasteiger partial charge in [0.1, 0.15) is 16.4 Å². The molecule has 0 aromatic carbocycles. The Morgan fingerprint density at radius 2 is 2.12 bits per heavy atom. The van der Waals surface area contributed by atoms with Crippen molar-refractivity contribution in [2.24, 2.45) is 5.73 Å². The van der Waals surface area contributed by atoms with Gasteiger partial charge in [0, 0.05) is 24.0 Å². The Labute approximate surface area is 98.3 Å². The lowest BCUT2D eigenvalue weighted by Gasteiger charge is -2.09. The average molecular weight is 232 g/mol. The number of pyridine rings is 1. The van der Waals surface area contributed by atoms with Gasteiger partial charge in [-0.1, -0.05) is 6.07 Å². The Bertz CT molecular complexity index is 459. The van der Waals surface area contributed by atoms with E-state index in [1.807, 2.05) is 25.1 Å². The number of hydrogen-bond acceptors (Lipinski definition) is 5. The minimum atomic E-state index is -0.0296. The fourth-order valence-corrected chi connectivity index (χ4v) is 2.19. The summed E-state index contributed by atoms with van der Waals surface area (Å²) in [5, 5.41) is 1.77. The first-order valence-electron chi connectivity index (χ1n) is 4.91. The lowest BCUT2D eigenvalue weighted by molar-refractivity contribution is 0.779. The molecular formula is C11H12N4S. The number of hydrogen-bond donors (Lipinski definition) is 1. The highest BCUT2D eigenvalue weighted by Gasteiger charge is 2.09. The summed E-state index contributed by atoms with van der Waals surface area (Å²) in [4.78, 5) is 12.3. The maximum Gasteiger partial charge on any atom is 0.116 e. The number of aromatic nitrogens is 3. The van der Waals surface area contributed by atoms with E-state index in [0.717, 1.165) is 15.6 Å². The quantitative estimate of drug-likeness (QED) is 0.820. The summed E-state index contributed by atoms with van der Waals surface area (Å²) >= 11 is 1.50. The molecule has 1 atom stereocenters. The molecule has 2 rings (SSSR count). The van der Waals surface area contributed by atoms with Gasteiger partial charge in [0.05, 0.1) is 0 Å². The predicted octanol–water partition coefficient (Wildman–Crippen LogP) is 2.04. The van der Waals surface area contributed by atoms with Gasteiger partial charge in [0.2, 0.25) is 0 Å². The van der Waals surface area contributed by atoms with E-state index in [1.54, 1.807) is 12.4 Å². The van der Waals surface area contributed by atoms with Crippen LogP contribution in [0.1, 0.15) is 18.5 Å². The molecular weight excluding hydrogens is 220 g/mol. The molecule has 2 aromatic rings. The highest BCUT2D eigenvalue weighted by atomic mass is 32.2. The lowest BCUT2D eigenvalue weighted by atomic mass is 10.2. The summed E-state index contributed by atoms with van der Waals surface area (Å²) < 4.78 is 0. The third kappa shape index (κ3) is 2.56. The van der Waals surface area contributed by atoms with Crippen molar-refractivity contribution in [1.29, 1.82) is 0 Å². The highest BCUT2D eigenvalue weighted by molar-refractivity contribution is 7.99. The molecule has 2 aromatic heterocycles. The fourth-order valence-electron chi connectivity index (χ4n) is 1.27. The molecule has 0 saturated heterocycles. The van der Waals surface area contributed by atoms with E-state index in [9.17, 15) is 0 Å². The van der Waals surface area contributed by atoms with Crippen molar-refractivity contribution in [2.75, 3.05) is 0 Å². The topological polar surface area (TPSA) is 64.7 Å². The molecule has 82 valence electrons. The van der Waals surface area contributed by atoms with Crippen LogP contribution < -0.4 is 5.73 Å². The van der Waals surface area contributed by atoms with Crippen LogP contribution in [0.15, 0.2) is 47.0 Å². The molecule has 16 heavy (non-hydrogen) atoms. The van der Waals surface area contributed by atoms with E-state index >= 15 is 0 Å². The normalized spacial score (nSPS) is 12.4. The monoisotopic (exact) mass is 232 g/mol. The number of nitrogens with zero attached hydrogens (tertiary/aromatic N) is 3. The van der Waals surface area contributed by atoms with Crippen molar-refractivity contribution in [3.8, 4) is 0 Å². The van der Waals surface area contributed by atoms with Crippen molar-refractivity contribution in [3.63, 3.8) is 0 Å². The van der Waals surface area contributed by atoms with Gasteiger partial charge < -0.3 is 5.73 Å². The van der Waals surface area contributed by atoms with Gasteiger partial charge >= 0.3 is 0 Å². The zero-order valence-electron chi connectivity index (χ0n) is 8.87. The molecule has 0 aliphatic heterocycles. The lowest BCUT2D eigenvalue weighted by Crippen LogP contribution is -2.07. The minimum Gasteiger partial charge on any atom is -0.324 e. The van der Waals surface area contributed by atoms with E-state index < -0.39 is 0 Å². The Kier molecular flexibility index (Phi) is 3.48. The van der Waals surface area contributed by atoms with Gasteiger partial charge in [-0.05, 0) is 30.8 Å². The van der Waals surface area contributed by atoms with Crippen molar-refractivity contribution in [1.82, 2.24) is 15.0 Å². The molecule has 0 saturated carbocycles. The summed E-state index contributed by atoms with van der Waals surface area (Å²) in [6, 6.07) is 5.70. The van der Waals surface area contributed by atoms with Crippen molar-refractivity contribution >= 4 is 11.8 Å². The highest BCUT2D eigenvalue weighted by Crippen LogP contribution is 2.28. The van der Waals surface area contributed by atoms with Gasteiger partial charge in [0.15, 0.2) is 0 Å². The maximum atomic E-state index is 5.88. The van der Waals surface area contributed by atoms with Crippen LogP contribution in [0.25, 0.3) is 0 Å². The molecule has 0 spiro atoms. The van der Waals surface area contributed by atoms with E-state index in [0.29, 0.717) is 0 Å². The summed E-state index contributed by atoms with van der Waals surface area (Å²) in [5.74, 6) is 0. The summed E-state index contributed by atoms with van der Waals surface area (Å²) in [6.45, 7) is 1.95. The van der Waals surface area contributed by atoms with Crippen LogP contribution in [0, 0.1) is 0 Å². The second kappa shape index (κ2) is 5.05. The minimum absolute atomic E-state index is 0.0296. The van der Waals surface area contributed by atoms with Crippen LogP contribution in [-0.2, 0) is 0 Å². The van der Waals surface area contributed by atoms with E-state index in [4.69, 9.17) is 5.73 Å². The van der Waals surface area contributed by atoms with E-state index in [1.165, 1.54) is 18.1 Å². The van der Waals surface area contributed by atoms with Crippen LogP contribution in [0.2, 0.25) is 0 Å². The number of nitrogens with two attached hydrogens (primary N) is 1. The van der Waals surface area contributed by atoms with Gasteiger partial charge in [0.25, 0.3) is 0 Å². The van der Waals surface area contributed by atoms with Gasteiger partial charge in [-0.2, -0.15) is 0 Å². The van der Waals surface area contributed by atoms with Gasteiger partial charge in [-0.25, -0.2) is 15.0 Å². The van der Waals surface area contributed by atoms with Crippen LogP contribution in [0.4, 0.5) is 0 Å². The molecule has 0 aliphatic carbocycles. The second-order valence-corrected chi connectivity index (χ2v) is 4.35. The van der Waals surface area contributed by atoms with Crippen LogP contribution in [0.3, 0.4) is 0 Å². The van der Waals surface area contributed by atoms with E-state index in [2.05, 4.69) is 15.0 Å². The molecule has 5 heteroatoms. The Balaban J connectivity index is 2.28. The van der Waals surface area contributed by atoms with E-state index in [-0.39, 0.29) is 6.04 Å². The first kappa shape index (κ1) is 11.0. The zero-order valence-corrected chi connectivity index (χ0v) is 9.69. The zero-order chi connectivity index (χ0) is 11.4. The standard InChI is InChI=1S/C11H12N4S/c1-8(12)9-3-2-5-14-11(9)16-10-4-6-13-7-15-10/h2-8H,12H2,1H3/t8-/m0/s1. The molecule has 2 N–H and O–H groups in total. The Morgan fingerprint density at radius 3 is 2.81 bits per heavy atom. The average Bonchev–Trinajstić information content (AvgIpc) is 2.31. The summed E-state index contributed by atoms with van der Waals surface area (Å²) in [6.07, 6.45) is 5.00. The Hall–Kier alpha value is -1.46. The van der Waals surface area contributed by atoms with Crippen LogP contribution in [0.5, 0.6) is 0 Å². The molecule has 2 heterocycles. The maximum absolute atomic E-state index is 5.88. The molecule has 4 nitrogen and oxygen atoms in total. The predicted molar refractivity (Wildman–Crippen MR) is 63.0 cm³/mol. The van der Waals surface area contributed by atoms with Gasteiger partial charge in [-0.3, -0.25) is 0 Å². The largest absolute Gasteiger partial charge is 0.324 e. The van der Waals surface area contributed by atoms with Gasteiger partial charge in [-0.15, -0.1) is 0 Å². The molecule has 0 unspecified atom stereocenters. The third-order valence-corrected chi connectivity index (χ3v) is 3.03. The number of rotatable bonds is 3. The van der Waals surface area contributed by atoms with Crippen LogP contribution in [-0.4, -0.2) is 15.0 Å². The molecule has 0 radical (unpaired) electrons. The summed E-state index contributed by atoms with van der Waals surface area (Å²) in [7, 11) is 0. The smallest absolute Gasteiger partial charge is 0.116 e. The molecule has 0 aliphatic rings. The Morgan fingerprint density at radius 1 is 1.25 bits per heavy atom. The van der Waals surface area contributed by atoms with Crippen LogP contribution >= 0.6 is 11.8 Å². The molecule has 0 bridgehead atoms. The first-order valence-corrected chi connectivity index (χ1v) is 5.73. The van der Waals surface area contributed by atoms with Crippen molar-refractivity contribution < 1.29 is 0 Å². The molecule has 0 amide bonds. The van der Waals surface area contributed by atoms with Crippen molar-refractivity contribution in [3.05, 3.63) is 42.5 Å². The first-order chi connectivity index (χ1) is 7.77.